The van der Waals surface area contributed by atoms with Gasteiger partial charge in [0.05, 0.1) is 5.92 Å². The maximum Gasteiger partial charge on any atom is 0.232 e. The smallest absolute Gasteiger partial charge is 0.232 e. The van der Waals surface area contributed by atoms with E-state index in [4.69, 9.17) is 9.26 Å². The van der Waals surface area contributed by atoms with E-state index < -0.39 is 5.60 Å². The standard InChI is InChI=1S/C12H21N3O2S/c1-5-16-12(2,3)11-14-10(17-15-11)8-6-18-7-9(8)13-4/h8-9,13H,5-7H2,1-4H3. The molecule has 0 bridgehead atoms. The van der Waals surface area contributed by atoms with Crippen molar-refractivity contribution in [1.29, 1.82) is 0 Å². The number of likely N-dealkylation sites (N-methyl/N-ethyl adjacent to an activating group) is 1. The highest BCUT2D eigenvalue weighted by Gasteiger charge is 2.35. The van der Waals surface area contributed by atoms with Crippen molar-refractivity contribution >= 4 is 11.8 Å². The van der Waals surface area contributed by atoms with Crippen molar-refractivity contribution in [2.24, 2.45) is 0 Å². The van der Waals surface area contributed by atoms with Crippen molar-refractivity contribution in [3.05, 3.63) is 11.7 Å². The number of aromatic nitrogens is 2. The summed E-state index contributed by atoms with van der Waals surface area (Å²) in [7, 11) is 1.98. The summed E-state index contributed by atoms with van der Waals surface area (Å²) in [6.07, 6.45) is 0. The van der Waals surface area contributed by atoms with E-state index in [-0.39, 0.29) is 0 Å². The molecule has 1 aromatic rings. The van der Waals surface area contributed by atoms with Crippen LogP contribution < -0.4 is 5.32 Å². The van der Waals surface area contributed by atoms with E-state index in [0.717, 1.165) is 17.4 Å². The quantitative estimate of drug-likeness (QED) is 0.880. The molecule has 1 aliphatic heterocycles. The Balaban J connectivity index is 2.15. The Kier molecular flexibility index (Phi) is 4.29. The van der Waals surface area contributed by atoms with Gasteiger partial charge in [-0.2, -0.15) is 16.7 Å². The zero-order chi connectivity index (χ0) is 13.2. The van der Waals surface area contributed by atoms with E-state index >= 15 is 0 Å². The van der Waals surface area contributed by atoms with Crippen LogP contribution in [0.25, 0.3) is 0 Å². The maximum absolute atomic E-state index is 5.64. The molecule has 18 heavy (non-hydrogen) atoms. The van der Waals surface area contributed by atoms with Gasteiger partial charge in [-0.1, -0.05) is 5.16 Å². The van der Waals surface area contributed by atoms with E-state index in [1.54, 1.807) is 0 Å². The molecule has 0 amide bonds. The summed E-state index contributed by atoms with van der Waals surface area (Å²) < 4.78 is 11.1. The molecule has 1 saturated heterocycles. The van der Waals surface area contributed by atoms with Gasteiger partial charge in [0.15, 0.2) is 0 Å². The van der Waals surface area contributed by atoms with Gasteiger partial charge in [-0.25, -0.2) is 0 Å². The molecule has 0 aliphatic carbocycles. The molecule has 0 saturated carbocycles. The van der Waals surface area contributed by atoms with Gasteiger partial charge in [0.1, 0.15) is 5.60 Å². The summed E-state index contributed by atoms with van der Waals surface area (Å²) in [5.41, 5.74) is -0.489. The number of hydrogen-bond donors (Lipinski definition) is 1. The number of thioether (sulfide) groups is 1. The highest BCUT2D eigenvalue weighted by Crippen LogP contribution is 2.33. The van der Waals surface area contributed by atoms with Crippen LogP contribution in [-0.4, -0.2) is 41.3 Å². The van der Waals surface area contributed by atoms with Crippen LogP contribution in [0.4, 0.5) is 0 Å². The normalized spacial score (nSPS) is 24.7. The van der Waals surface area contributed by atoms with Crippen LogP contribution in [-0.2, 0) is 10.3 Å². The summed E-state index contributed by atoms with van der Waals surface area (Å²) in [5, 5.41) is 7.38. The summed E-state index contributed by atoms with van der Waals surface area (Å²) in [4.78, 5) is 4.52. The molecule has 1 N–H and O–H groups in total. The molecule has 102 valence electrons. The zero-order valence-corrected chi connectivity index (χ0v) is 12.2. The molecule has 1 fully saturated rings. The number of hydrogen-bond acceptors (Lipinski definition) is 6. The largest absolute Gasteiger partial charge is 0.368 e. The predicted molar refractivity (Wildman–Crippen MR) is 71.9 cm³/mol. The van der Waals surface area contributed by atoms with Gasteiger partial charge in [-0.15, -0.1) is 0 Å². The van der Waals surface area contributed by atoms with Crippen molar-refractivity contribution in [3.8, 4) is 0 Å². The molecule has 5 nitrogen and oxygen atoms in total. The van der Waals surface area contributed by atoms with Crippen LogP contribution in [0.3, 0.4) is 0 Å². The number of nitrogens with zero attached hydrogens (tertiary/aromatic N) is 2. The van der Waals surface area contributed by atoms with Crippen LogP contribution in [0.5, 0.6) is 0 Å². The first-order valence-corrected chi connectivity index (χ1v) is 7.47. The Bertz CT molecular complexity index is 394. The summed E-state index contributed by atoms with van der Waals surface area (Å²) >= 11 is 1.92. The van der Waals surface area contributed by atoms with Gasteiger partial charge >= 0.3 is 0 Å². The molecule has 2 rings (SSSR count). The summed E-state index contributed by atoms with van der Waals surface area (Å²) in [6.45, 7) is 6.52. The number of ether oxygens (including phenoxy) is 1. The molecule has 6 heteroatoms. The zero-order valence-electron chi connectivity index (χ0n) is 11.4. The SMILES string of the molecule is CCOC(C)(C)c1noc(C2CSCC2NC)n1. The van der Waals surface area contributed by atoms with E-state index in [9.17, 15) is 0 Å². The Hall–Kier alpha value is -0.590. The molecule has 0 aromatic carbocycles. The third-order valence-electron chi connectivity index (χ3n) is 3.25. The van der Waals surface area contributed by atoms with Crippen LogP contribution in [0.15, 0.2) is 4.52 Å². The fraction of sp³-hybridized carbons (Fsp3) is 0.833. The highest BCUT2D eigenvalue weighted by atomic mass is 32.2. The first kappa shape index (κ1) is 13.8. The maximum atomic E-state index is 5.64. The van der Waals surface area contributed by atoms with Gasteiger partial charge in [0, 0.05) is 24.2 Å². The van der Waals surface area contributed by atoms with Gasteiger partial charge in [0.2, 0.25) is 11.7 Å². The second kappa shape index (κ2) is 5.59. The van der Waals surface area contributed by atoms with Gasteiger partial charge < -0.3 is 14.6 Å². The highest BCUT2D eigenvalue weighted by molar-refractivity contribution is 7.99. The average molecular weight is 271 g/mol. The average Bonchev–Trinajstić information content (AvgIpc) is 2.97. The Morgan fingerprint density at radius 3 is 2.94 bits per heavy atom. The monoisotopic (exact) mass is 271 g/mol. The topological polar surface area (TPSA) is 60.2 Å². The first-order valence-electron chi connectivity index (χ1n) is 6.31. The minimum Gasteiger partial charge on any atom is -0.368 e. The molecule has 0 radical (unpaired) electrons. The molecule has 2 heterocycles. The minimum absolute atomic E-state index is 0.304. The lowest BCUT2D eigenvalue weighted by atomic mass is 10.0. The van der Waals surface area contributed by atoms with Crippen LogP contribution in [0.1, 0.15) is 38.4 Å². The lowest BCUT2D eigenvalue weighted by Gasteiger charge is -2.20. The number of rotatable bonds is 5. The van der Waals surface area contributed by atoms with Crippen LogP contribution in [0.2, 0.25) is 0 Å². The van der Waals surface area contributed by atoms with Gasteiger partial charge in [-0.05, 0) is 27.8 Å². The lowest BCUT2D eigenvalue weighted by Crippen LogP contribution is -2.31. The Morgan fingerprint density at radius 1 is 1.50 bits per heavy atom. The number of nitrogens with one attached hydrogen (secondary N) is 1. The van der Waals surface area contributed by atoms with Crippen molar-refractivity contribution in [2.75, 3.05) is 25.2 Å². The molecule has 1 aromatic heterocycles. The molecule has 0 spiro atoms. The van der Waals surface area contributed by atoms with Crippen LogP contribution in [0, 0.1) is 0 Å². The second-order valence-corrected chi connectivity index (χ2v) is 6.01. The van der Waals surface area contributed by atoms with E-state index in [0.29, 0.717) is 24.4 Å². The van der Waals surface area contributed by atoms with Crippen molar-refractivity contribution in [1.82, 2.24) is 15.5 Å². The molecular formula is C12H21N3O2S. The minimum atomic E-state index is -0.489. The fourth-order valence-corrected chi connectivity index (χ4v) is 3.56. The molecule has 2 unspecified atom stereocenters. The summed E-state index contributed by atoms with van der Waals surface area (Å²) in [6, 6.07) is 0.415. The third-order valence-corrected chi connectivity index (χ3v) is 4.44. The lowest BCUT2D eigenvalue weighted by molar-refractivity contribution is -0.0221. The molecule has 1 aliphatic rings. The first-order chi connectivity index (χ1) is 8.58. The summed E-state index contributed by atoms with van der Waals surface area (Å²) in [5.74, 6) is 3.78. The third kappa shape index (κ3) is 2.70. The predicted octanol–water partition coefficient (Wildman–Crippen LogP) is 1.76. The second-order valence-electron chi connectivity index (χ2n) is 4.94. The molecule has 2 atom stereocenters. The van der Waals surface area contributed by atoms with Crippen molar-refractivity contribution in [2.45, 2.75) is 38.3 Å². The Labute approximate surface area is 112 Å². The van der Waals surface area contributed by atoms with Crippen molar-refractivity contribution in [3.63, 3.8) is 0 Å². The van der Waals surface area contributed by atoms with E-state index in [1.165, 1.54) is 0 Å². The van der Waals surface area contributed by atoms with Gasteiger partial charge in [0.25, 0.3) is 0 Å². The van der Waals surface area contributed by atoms with Crippen LogP contribution >= 0.6 is 11.8 Å². The van der Waals surface area contributed by atoms with Gasteiger partial charge in [-0.3, -0.25) is 0 Å². The van der Waals surface area contributed by atoms with E-state index in [1.807, 2.05) is 39.6 Å². The van der Waals surface area contributed by atoms with E-state index in [2.05, 4.69) is 15.5 Å². The van der Waals surface area contributed by atoms with Crippen molar-refractivity contribution < 1.29 is 9.26 Å². The fourth-order valence-electron chi connectivity index (χ4n) is 2.14. The Morgan fingerprint density at radius 2 is 2.28 bits per heavy atom. The molecular weight excluding hydrogens is 250 g/mol.